The minimum atomic E-state index is -0.597. The average molecular weight is 450 g/mol. The largest absolute Gasteiger partial charge is 0.329 e. The van der Waals surface area contributed by atoms with E-state index < -0.39 is 16.2 Å². The van der Waals surface area contributed by atoms with Crippen LogP contribution in [0.1, 0.15) is 17.3 Å². The predicted molar refractivity (Wildman–Crippen MR) is 113 cm³/mol. The lowest BCUT2D eigenvalue weighted by atomic mass is 10.1. The standard InChI is InChI=1S/C18H16ClN5O5S/c1-10(19)7-8-23-14-15(22(2)17(27)21-16(14)26)20-18(23)30-9-13(25)11-3-5-12(6-4-11)24(28)29/h3-7H,8-9H2,1-2H3,(H,21,26,27). The van der Waals surface area contributed by atoms with Gasteiger partial charge in [-0.25, -0.2) is 9.78 Å². The van der Waals surface area contributed by atoms with Crippen molar-refractivity contribution in [2.75, 3.05) is 5.75 Å². The Morgan fingerprint density at radius 1 is 1.33 bits per heavy atom. The number of carbonyl (C=O) groups is 1. The molecule has 10 nitrogen and oxygen atoms in total. The van der Waals surface area contributed by atoms with Crippen molar-refractivity contribution in [3.63, 3.8) is 0 Å². The number of hydrogen-bond donors (Lipinski definition) is 1. The monoisotopic (exact) mass is 449 g/mol. The van der Waals surface area contributed by atoms with Crippen molar-refractivity contribution in [2.45, 2.75) is 18.6 Å². The number of thioether (sulfide) groups is 1. The van der Waals surface area contributed by atoms with E-state index in [1.165, 1.54) is 35.9 Å². The highest BCUT2D eigenvalue weighted by Crippen LogP contribution is 2.23. The molecule has 2 aromatic heterocycles. The molecule has 30 heavy (non-hydrogen) atoms. The minimum Gasteiger partial charge on any atom is -0.309 e. The molecule has 0 amide bonds. The number of benzene rings is 1. The highest BCUT2D eigenvalue weighted by atomic mass is 35.5. The number of imidazole rings is 1. The van der Waals surface area contributed by atoms with Gasteiger partial charge in [-0.1, -0.05) is 29.4 Å². The van der Waals surface area contributed by atoms with Gasteiger partial charge in [-0.2, -0.15) is 0 Å². The van der Waals surface area contributed by atoms with Crippen LogP contribution in [0, 0.1) is 10.1 Å². The van der Waals surface area contributed by atoms with Gasteiger partial charge in [-0.05, 0) is 19.1 Å². The first-order chi connectivity index (χ1) is 14.2. The van der Waals surface area contributed by atoms with Crippen LogP contribution in [0.5, 0.6) is 0 Å². The number of nitro groups is 1. The fraction of sp³-hybridized carbons (Fsp3) is 0.222. The van der Waals surface area contributed by atoms with Crippen LogP contribution in [0.15, 0.2) is 50.1 Å². The molecular formula is C18H16ClN5O5S. The van der Waals surface area contributed by atoms with Crippen LogP contribution in [0.25, 0.3) is 11.2 Å². The van der Waals surface area contributed by atoms with E-state index in [9.17, 15) is 24.5 Å². The van der Waals surface area contributed by atoms with Crippen LogP contribution in [0.2, 0.25) is 0 Å². The van der Waals surface area contributed by atoms with Crippen molar-refractivity contribution in [1.82, 2.24) is 19.1 Å². The van der Waals surface area contributed by atoms with Crippen molar-refractivity contribution in [3.8, 4) is 0 Å². The van der Waals surface area contributed by atoms with E-state index in [1.54, 1.807) is 17.6 Å². The number of allylic oxidation sites excluding steroid dienone is 2. The highest BCUT2D eigenvalue weighted by molar-refractivity contribution is 7.99. The molecule has 0 aliphatic rings. The molecule has 0 saturated heterocycles. The summed E-state index contributed by atoms with van der Waals surface area (Å²) in [4.78, 5) is 53.5. The third kappa shape index (κ3) is 4.36. The number of carbonyl (C=O) groups excluding carboxylic acids is 1. The molecule has 0 aliphatic carbocycles. The summed E-state index contributed by atoms with van der Waals surface area (Å²) >= 11 is 7.00. The van der Waals surface area contributed by atoms with Crippen LogP contribution in [0.3, 0.4) is 0 Å². The lowest BCUT2D eigenvalue weighted by molar-refractivity contribution is -0.384. The molecule has 12 heteroatoms. The van der Waals surface area contributed by atoms with Crippen molar-refractivity contribution in [2.24, 2.45) is 7.05 Å². The Morgan fingerprint density at radius 3 is 2.60 bits per heavy atom. The average Bonchev–Trinajstić information content (AvgIpc) is 3.08. The molecule has 0 spiro atoms. The summed E-state index contributed by atoms with van der Waals surface area (Å²) in [5, 5.41) is 11.6. The van der Waals surface area contributed by atoms with Crippen LogP contribution in [0.4, 0.5) is 5.69 Å². The summed E-state index contributed by atoms with van der Waals surface area (Å²) in [6, 6.07) is 5.29. The molecule has 3 rings (SSSR count). The number of rotatable bonds is 7. The van der Waals surface area contributed by atoms with Gasteiger partial charge in [-0.15, -0.1) is 0 Å². The maximum absolute atomic E-state index is 12.5. The van der Waals surface area contributed by atoms with Gasteiger partial charge in [0.1, 0.15) is 0 Å². The van der Waals surface area contributed by atoms with E-state index in [1.807, 2.05) is 0 Å². The smallest absolute Gasteiger partial charge is 0.309 e. The van der Waals surface area contributed by atoms with Crippen molar-refractivity contribution in [3.05, 3.63) is 71.9 Å². The number of non-ortho nitro benzene ring substituents is 1. The Morgan fingerprint density at radius 2 is 2.00 bits per heavy atom. The van der Waals surface area contributed by atoms with E-state index in [0.29, 0.717) is 15.8 Å². The van der Waals surface area contributed by atoms with E-state index in [2.05, 4.69) is 9.97 Å². The third-order valence-electron chi connectivity index (χ3n) is 4.26. The number of aryl methyl sites for hydroxylation is 1. The van der Waals surface area contributed by atoms with Crippen molar-refractivity contribution >= 4 is 46.0 Å². The van der Waals surface area contributed by atoms with E-state index in [0.717, 1.165) is 11.8 Å². The Balaban J connectivity index is 1.94. The van der Waals surface area contributed by atoms with Crippen LogP contribution in [-0.2, 0) is 13.6 Å². The summed E-state index contributed by atoms with van der Waals surface area (Å²) in [5.74, 6) is -0.281. The Bertz CT molecular complexity index is 1290. The van der Waals surface area contributed by atoms with Crippen LogP contribution in [-0.4, -0.2) is 35.6 Å². The summed E-state index contributed by atoms with van der Waals surface area (Å²) in [5.41, 5.74) is -0.595. The van der Waals surface area contributed by atoms with E-state index in [4.69, 9.17) is 11.6 Å². The molecule has 3 aromatic rings. The molecule has 0 saturated carbocycles. The molecule has 1 N–H and O–H groups in total. The normalized spacial score (nSPS) is 11.8. The summed E-state index contributed by atoms with van der Waals surface area (Å²) in [6.07, 6.45) is 1.68. The molecule has 1 aromatic carbocycles. The van der Waals surface area contributed by atoms with Gasteiger partial charge >= 0.3 is 5.69 Å². The maximum atomic E-state index is 12.5. The second kappa shape index (κ2) is 8.67. The molecule has 0 fully saturated rings. The highest BCUT2D eigenvalue weighted by Gasteiger charge is 2.19. The number of H-pyrrole nitrogens is 1. The van der Waals surface area contributed by atoms with Gasteiger partial charge in [0.05, 0.1) is 10.7 Å². The zero-order valence-corrected chi connectivity index (χ0v) is 17.5. The molecule has 0 radical (unpaired) electrons. The number of fused-ring (bicyclic) bond motifs is 1. The third-order valence-corrected chi connectivity index (χ3v) is 5.39. The zero-order valence-electron chi connectivity index (χ0n) is 15.9. The molecular weight excluding hydrogens is 434 g/mol. The van der Waals surface area contributed by atoms with Gasteiger partial charge in [0, 0.05) is 36.3 Å². The topological polar surface area (TPSA) is 133 Å². The molecule has 0 unspecified atom stereocenters. The summed E-state index contributed by atoms with van der Waals surface area (Å²) in [7, 11) is 1.48. The second-order valence-corrected chi connectivity index (χ2v) is 7.84. The molecule has 2 heterocycles. The quantitative estimate of drug-likeness (QED) is 0.253. The first-order valence-electron chi connectivity index (χ1n) is 8.61. The number of aromatic amines is 1. The number of hydrogen-bond acceptors (Lipinski definition) is 7. The van der Waals surface area contributed by atoms with E-state index >= 15 is 0 Å². The summed E-state index contributed by atoms with van der Waals surface area (Å²) in [6.45, 7) is 1.91. The van der Waals surface area contributed by atoms with Gasteiger partial charge in [0.15, 0.2) is 22.1 Å². The first kappa shape index (κ1) is 21.5. The molecule has 0 bridgehead atoms. The van der Waals surface area contributed by atoms with Gasteiger partial charge < -0.3 is 4.57 Å². The van der Waals surface area contributed by atoms with E-state index in [-0.39, 0.29) is 34.9 Å². The lowest BCUT2D eigenvalue weighted by Crippen LogP contribution is -2.29. The number of nitro benzene ring substituents is 1. The Labute approximate surface area is 178 Å². The fourth-order valence-electron chi connectivity index (χ4n) is 2.69. The fourth-order valence-corrected chi connectivity index (χ4v) is 3.66. The number of Topliss-reactive ketones (excluding diaryl/α,β-unsaturated/α-hetero) is 1. The Hall–Kier alpha value is -3.18. The first-order valence-corrected chi connectivity index (χ1v) is 9.97. The minimum absolute atomic E-state index is 0.0173. The van der Waals surface area contributed by atoms with Crippen molar-refractivity contribution in [1.29, 1.82) is 0 Å². The Kier molecular flexibility index (Phi) is 6.22. The predicted octanol–water partition coefficient (Wildman–Crippen LogP) is 2.45. The van der Waals surface area contributed by atoms with Crippen molar-refractivity contribution < 1.29 is 9.72 Å². The number of ketones is 1. The number of halogens is 1. The zero-order chi connectivity index (χ0) is 22.0. The van der Waals surface area contributed by atoms with Gasteiger partial charge in [0.25, 0.3) is 11.2 Å². The van der Waals surface area contributed by atoms with Crippen LogP contribution < -0.4 is 11.2 Å². The van der Waals surface area contributed by atoms with Gasteiger partial charge in [0.2, 0.25) is 0 Å². The maximum Gasteiger partial charge on any atom is 0.329 e. The molecule has 156 valence electrons. The number of nitrogens with one attached hydrogen (secondary N) is 1. The molecule has 0 atom stereocenters. The number of nitrogens with zero attached hydrogens (tertiary/aromatic N) is 4. The lowest BCUT2D eigenvalue weighted by Gasteiger charge is -2.06. The SMILES string of the molecule is CC(Cl)=CCn1c(SCC(=O)c2ccc([N+](=O)[O-])cc2)nc2c1c(=O)[nH]c(=O)n2C. The number of aromatic nitrogens is 4. The summed E-state index contributed by atoms with van der Waals surface area (Å²) < 4.78 is 2.79. The molecule has 0 aliphatic heterocycles. The van der Waals surface area contributed by atoms with Gasteiger partial charge in [-0.3, -0.25) is 29.3 Å². The van der Waals surface area contributed by atoms with Crippen LogP contribution >= 0.6 is 23.4 Å². The second-order valence-electron chi connectivity index (χ2n) is 6.30.